The van der Waals surface area contributed by atoms with Crippen LogP contribution in [0.5, 0.6) is 5.75 Å². The number of carbonyl (C=O) groups excluding carboxylic acids is 3. The molecule has 6 nitrogen and oxygen atoms in total. The number of fused-ring (bicyclic) bond motifs is 1. The minimum absolute atomic E-state index is 0.0184. The highest BCUT2D eigenvalue weighted by atomic mass is 16.5. The fraction of sp³-hybridized carbons (Fsp3) is 0.526. The number of anilines is 1. The number of rotatable bonds is 6. The molecule has 0 fully saturated rings. The predicted octanol–water partition coefficient (Wildman–Crippen LogP) is 2.65. The molecule has 0 saturated heterocycles. The Morgan fingerprint density at radius 3 is 2.36 bits per heavy atom. The third-order valence-corrected chi connectivity index (χ3v) is 4.43. The Hall–Kier alpha value is -2.37. The summed E-state index contributed by atoms with van der Waals surface area (Å²) in [4.78, 5) is 40.5. The zero-order valence-corrected chi connectivity index (χ0v) is 15.6. The molecule has 2 amide bonds. The normalized spacial score (nSPS) is 15.4. The van der Waals surface area contributed by atoms with Crippen LogP contribution < -0.4 is 9.64 Å². The standard InChI is InChI=1S/C19H26N2O4/c1-6-15(22)13-9-10-16-14(11-13)21(18(24)19(4,5)25-16)12-17(23)20(7-2)8-3/h9-11H,6-8,12H2,1-5H3. The van der Waals surface area contributed by atoms with E-state index in [0.29, 0.717) is 36.5 Å². The van der Waals surface area contributed by atoms with Gasteiger partial charge in [0, 0.05) is 25.1 Å². The molecule has 0 spiro atoms. The van der Waals surface area contributed by atoms with Crippen LogP contribution in [0, 0.1) is 0 Å². The average Bonchev–Trinajstić information content (AvgIpc) is 2.58. The molecule has 2 rings (SSSR count). The summed E-state index contributed by atoms with van der Waals surface area (Å²) in [5.41, 5.74) is -0.0749. The molecule has 6 heteroatoms. The Bertz CT molecular complexity index is 693. The van der Waals surface area contributed by atoms with Gasteiger partial charge in [-0.3, -0.25) is 19.3 Å². The summed E-state index contributed by atoms with van der Waals surface area (Å²) < 4.78 is 5.80. The highest BCUT2D eigenvalue weighted by molar-refractivity contribution is 6.07. The van der Waals surface area contributed by atoms with Gasteiger partial charge in [-0.25, -0.2) is 0 Å². The fourth-order valence-electron chi connectivity index (χ4n) is 2.91. The highest BCUT2D eigenvalue weighted by Gasteiger charge is 2.42. The minimum atomic E-state index is -1.06. The summed E-state index contributed by atoms with van der Waals surface area (Å²) in [6.07, 6.45) is 0.372. The van der Waals surface area contributed by atoms with Crippen molar-refractivity contribution >= 4 is 23.3 Å². The number of hydrogen-bond acceptors (Lipinski definition) is 4. The lowest BCUT2D eigenvalue weighted by atomic mass is 10.0. The minimum Gasteiger partial charge on any atom is -0.476 e. The molecule has 0 atom stereocenters. The van der Waals surface area contributed by atoms with Crippen molar-refractivity contribution in [3.8, 4) is 5.75 Å². The van der Waals surface area contributed by atoms with E-state index in [2.05, 4.69) is 0 Å². The van der Waals surface area contributed by atoms with Crippen molar-refractivity contribution in [3.05, 3.63) is 23.8 Å². The molecule has 1 aliphatic heterocycles. The van der Waals surface area contributed by atoms with Gasteiger partial charge in [-0.05, 0) is 45.9 Å². The molecular weight excluding hydrogens is 320 g/mol. The topological polar surface area (TPSA) is 66.9 Å². The molecule has 0 N–H and O–H groups in total. The molecular formula is C19H26N2O4. The second-order valence-electron chi connectivity index (χ2n) is 6.53. The van der Waals surface area contributed by atoms with E-state index in [0.717, 1.165) is 0 Å². The summed E-state index contributed by atoms with van der Waals surface area (Å²) in [5.74, 6) is 0.0653. The van der Waals surface area contributed by atoms with E-state index in [1.165, 1.54) is 4.90 Å². The van der Waals surface area contributed by atoms with Gasteiger partial charge in [0.1, 0.15) is 12.3 Å². The van der Waals surface area contributed by atoms with Crippen LogP contribution in [0.4, 0.5) is 5.69 Å². The maximum Gasteiger partial charge on any atom is 0.271 e. The second-order valence-corrected chi connectivity index (χ2v) is 6.53. The van der Waals surface area contributed by atoms with Gasteiger partial charge in [0.15, 0.2) is 11.4 Å². The summed E-state index contributed by atoms with van der Waals surface area (Å²) in [5, 5.41) is 0. The maximum atomic E-state index is 12.8. The Labute approximate surface area is 148 Å². The summed E-state index contributed by atoms with van der Waals surface area (Å²) in [6, 6.07) is 5.03. The number of ketones is 1. The Balaban J connectivity index is 2.45. The van der Waals surface area contributed by atoms with Crippen LogP contribution in [0.25, 0.3) is 0 Å². The highest BCUT2D eigenvalue weighted by Crippen LogP contribution is 2.38. The molecule has 1 aliphatic rings. The van der Waals surface area contributed by atoms with Crippen molar-refractivity contribution in [3.63, 3.8) is 0 Å². The van der Waals surface area contributed by atoms with Crippen molar-refractivity contribution in [1.82, 2.24) is 4.90 Å². The number of nitrogens with zero attached hydrogens (tertiary/aromatic N) is 2. The van der Waals surface area contributed by atoms with Gasteiger partial charge >= 0.3 is 0 Å². The lowest BCUT2D eigenvalue weighted by Gasteiger charge is -2.39. The van der Waals surface area contributed by atoms with Gasteiger partial charge in [0.25, 0.3) is 5.91 Å². The molecule has 0 unspecified atom stereocenters. The van der Waals surface area contributed by atoms with Gasteiger partial charge in [-0.1, -0.05) is 6.92 Å². The van der Waals surface area contributed by atoms with E-state index < -0.39 is 5.60 Å². The van der Waals surface area contributed by atoms with Gasteiger partial charge in [0.05, 0.1) is 5.69 Å². The van der Waals surface area contributed by atoms with Crippen LogP contribution in [0.15, 0.2) is 18.2 Å². The number of hydrogen-bond donors (Lipinski definition) is 0. The molecule has 1 aromatic carbocycles. The van der Waals surface area contributed by atoms with Gasteiger partial charge in [-0.15, -0.1) is 0 Å². The molecule has 0 bridgehead atoms. The van der Waals surface area contributed by atoms with E-state index in [9.17, 15) is 14.4 Å². The van der Waals surface area contributed by atoms with E-state index in [-0.39, 0.29) is 24.1 Å². The SMILES string of the molecule is CCC(=O)c1ccc2c(c1)N(CC(=O)N(CC)CC)C(=O)C(C)(C)O2. The number of amides is 2. The monoisotopic (exact) mass is 346 g/mol. The van der Waals surface area contributed by atoms with Crippen molar-refractivity contribution in [1.29, 1.82) is 0 Å². The smallest absolute Gasteiger partial charge is 0.271 e. The first-order valence-corrected chi connectivity index (χ1v) is 8.71. The van der Waals surface area contributed by atoms with E-state index in [4.69, 9.17) is 4.74 Å². The number of likely N-dealkylation sites (N-methyl/N-ethyl adjacent to an activating group) is 1. The first kappa shape index (κ1) is 19.0. The van der Waals surface area contributed by atoms with Crippen LogP contribution in [-0.2, 0) is 9.59 Å². The first-order chi connectivity index (χ1) is 11.7. The lowest BCUT2D eigenvalue weighted by Crippen LogP contribution is -2.55. The number of ether oxygens (including phenoxy) is 1. The van der Waals surface area contributed by atoms with Crippen LogP contribution in [0.1, 0.15) is 51.4 Å². The van der Waals surface area contributed by atoms with Crippen LogP contribution in [0.3, 0.4) is 0 Å². The van der Waals surface area contributed by atoms with E-state index in [1.54, 1.807) is 43.9 Å². The van der Waals surface area contributed by atoms with Crippen molar-refractivity contribution < 1.29 is 19.1 Å². The molecule has 0 aromatic heterocycles. The second kappa shape index (κ2) is 7.25. The fourth-order valence-corrected chi connectivity index (χ4v) is 2.91. The van der Waals surface area contributed by atoms with Crippen LogP contribution in [0.2, 0.25) is 0 Å². The van der Waals surface area contributed by atoms with Crippen molar-refractivity contribution in [2.24, 2.45) is 0 Å². The third kappa shape index (κ3) is 3.67. The van der Waals surface area contributed by atoms with E-state index in [1.807, 2.05) is 13.8 Å². The number of Topliss-reactive ketones (excluding diaryl/α,β-unsaturated/α-hetero) is 1. The quantitative estimate of drug-likeness (QED) is 0.743. The van der Waals surface area contributed by atoms with Gasteiger partial charge in [-0.2, -0.15) is 0 Å². The average molecular weight is 346 g/mol. The van der Waals surface area contributed by atoms with Crippen LogP contribution in [-0.4, -0.2) is 47.7 Å². The number of benzene rings is 1. The van der Waals surface area contributed by atoms with Crippen LogP contribution >= 0.6 is 0 Å². The van der Waals surface area contributed by atoms with Crippen molar-refractivity contribution in [2.75, 3.05) is 24.5 Å². The maximum absolute atomic E-state index is 12.8. The zero-order chi connectivity index (χ0) is 18.8. The first-order valence-electron chi connectivity index (χ1n) is 8.71. The predicted molar refractivity (Wildman–Crippen MR) is 96.1 cm³/mol. The van der Waals surface area contributed by atoms with Gasteiger partial charge < -0.3 is 9.64 Å². The zero-order valence-electron chi connectivity index (χ0n) is 15.6. The molecule has 1 aromatic rings. The summed E-state index contributed by atoms with van der Waals surface area (Å²) in [7, 11) is 0. The summed E-state index contributed by atoms with van der Waals surface area (Å²) in [6.45, 7) is 10.0. The molecule has 0 aliphatic carbocycles. The number of carbonyl (C=O) groups is 3. The van der Waals surface area contributed by atoms with Crippen molar-refractivity contribution in [2.45, 2.75) is 46.6 Å². The third-order valence-electron chi connectivity index (χ3n) is 4.43. The summed E-state index contributed by atoms with van der Waals surface area (Å²) >= 11 is 0. The molecule has 1 heterocycles. The Morgan fingerprint density at radius 2 is 1.80 bits per heavy atom. The molecule has 25 heavy (non-hydrogen) atoms. The molecule has 136 valence electrons. The largest absolute Gasteiger partial charge is 0.476 e. The van der Waals surface area contributed by atoms with Gasteiger partial charge in [0.2, 0.25) is 5.91 Å². The van der Waals surface area contributed by atoms with E-state index >= 15 is 0 Å². The molecule has 0 saturated carbocycles. The Kier molecular flexibility index (Phi) is 5.50. The Morgan fingerprint density at radius 1 is 1.16 bits per heavy atom. The molecule has 0 radical (unpaired) electrons. The lowest BCUT2D eigenvalue weighted by molar-refractivity contribution is -0.136.